The molecule has 23 heavy (non-hydrogen) atoms. The Hall–Kier alpha value is -0.336. The molecule has 1 rings (SSSR count). The number of anilines is 1. The second kappa shape index (κ2) is 12.1. The van der Waals surface area contributed by atoms with Gasteiger partial charge in [-0.15, -0.1) is 0 Å². The maximum atomic E-state index is 11.5. The fourth-order valence-electron chi connectivity index (χ4n) is 1.30. The molecular formula is C15H23BrN3O3Y-. The van der Waals surface area contributed by atoms with Gasteiger partial charge in [0.05, 0.1) is 16.9 Å². The minimum Gasteiger partial charge on any atom is -0.677 e. The van der Waals surface area contributed by atoms with Gasteiger partial charge in [0.1, 0.15) is 0 Å². The third-order valence-electron chi connectivity index (χ3n) is 2.10. The number of rotatable bonds is 5. The van der Waals surface area contributed by atoms with Crippen molar-refractivity contribution in [2.45, 2.75) is 39.2 Å². The molecule has 0 saturated carbocycles. The first-order chi connectivity index (χ1) is 10.0. The van der Waals surface area contributed by atoms with Gasteiger partial charge in [0.25, 0.3) is 5.91 Å². The van der Waals surface area contributed by atoms with Crippen LogP contribution in [0.5, 0.6) is 0 Å². The van der Waals surface area contributed by atoms with Crippen molar-refractivity contribution in [3.63, 3.8) is 0 Å². The van der Waals surface area contributed by atoms with E-state index in [2.05, 4.69) is 21.2 Å². The molecule has 0 aromatic heterocycles. The van der Waals surface area contributed by atoms with E-state index in [0.717, 1.165) is 4.47 Å². The van der Waals surface area contributed by atoms with Crippen molar-refractivity contribution in [1.29, 1.82) is 0 Å². The van der Waals surface area contributed by atoms with Gasteiger partial charge in [-0.2, -0.15) is 6.54 Å². The molecule has 0 bridgehead atoms. The van der Waals surface area contributed by atoms with Crippen LogP contribution in [0.3, 0.4) is 0 Å². The minimum atomic E-state index is -0.590. The topological polar surface area (TPSA) is 116 Å². The molecule has 0 aliphatic rings. The van der Waals surface area contributed by atoms with Crippen LogP contribution in [0.2, 0.25) is 0 Å². The van der Waals surface area contributed by atoms with E-state index in [4.69, 9.17) is 16.6 Å². The van der Waals surface area contributed by atoms with Gasteiger partial charge in [-0.25, -0.2) is 0 Å². The molecule has 5 N–H and O–H groups in total. The summed E-state index contributed by atoms with van der Waals surface area (Å²) in [6.45, 7) is 5.43. The summed E-state index contributed by atoms with van der Waals surface area (Å²) in [6, 6.07) is 4.85. The van der Waals surface area contributed by atoms with E-state index in [1.54, 1.807) is 39.0 Å². The molecule has 0 fully saturated rings. The van der Waals surface area contributed by atoms with Gasteiger partial charge < -0.3 is 21.9 Å². The fraction of sp³-hybridized carbons (Fsp3) is 0.467. The van der Waals surface area contributed by atoms with E-state index in [0.29, 0.717) is 12.1 Å². The molecule has 0 aliphatic carbocycles. The first-order valence-electron chi connectivity index (χ1n) is 6.80. The Morgan fingerprint density at radius 2 is 1.87 bits per heavy atom. The molecule has 127 valence electrons. The zero-order valence-corrected chi connectivity index (χ0v) is 18.1. The summed E-state index contributed by atoms with van der Waals surface area (Å²) in [6.07, 6.45) is 0.750. The Morgan fingerprint density at radius 3 is 2.30 bits per heavy atom. The van der Waals surface area contributed by atoms with Crippen LogP contribution in [0.15, 0.2) is 22.7 Å². The van der Waals surface area contributed by atoms with E-state index in [9.17, 15) is 9.59 Å². The number of carbonyl (C=O) groups is 2. The summed E-state index contributed by atoms with van der Waals surface area (Å²) in [5.74, 6) is -0.814. The van der Waals surface area contributed by atoms with E-state index < -0.39 is 11.5 Å². The number of hydrogen-bond acceptors (Lipinski definition) is 3. The Bertz CT molecular complexity index is 513. The molecule has 0 unspecified atom stereocenters. The van der Waals surface area contributed by atoms with Gasteiger partial charge in [-0.3, -0.25) is 9.59 Å². The van der Waals surface area contributed by atoms with Crippen LogP contribution in [0, 0.1) is 0 Å². The largest absolute Gasteiger partial charge is 0.677 e. The van der Waals surface area contributed by atoms with Gasteiger partial charge >= 0.3 is 0 Å². The van der Waals surface area contributed by atoms with Crippen molar-refractivity contribution in [1.82, 2.24) is 0 Å². The summed E-state index contributed by atoms with van der Waals surface area (Å²) < 4.78 is 0.748. The SMILES string of the molecule is CC(C)(C)O.[NH-]CCCC(=O)Nc1cc(Br)ccc1C(N)=O.[Y]. The van der Waals surface area contributed by atoms with Crippen LogP contribution < -0.4 is 11.1 Å². The van der Waals surface area contributed by atoms with Gasteiger partial charge in [0.15, 0.2) is 0 Å². The molecule has 0 atom stereocenters. The summed E-state index contributed by atoms with van der Waals surface area (Å²) in [7, 11) is 0. The fourth-order valence-corrected chi connectivity index (χ4v) is 1.66. The van der Waals surface area contributed by atoms with Crippen molar-refractivity contribution >= 4 is 33.4 Å². The molecule has 1 aromatic carbocycles. The van der Waals surface area contributed by atoms with Gasteiger partial charge in [-0.1, -0.05) is 22.4 Å². The van der Waals surface area contributed by atoms with Gasteiger partial charge in [0, 0.05) is 43.6 Å². The molecule has 1 radical (unpaired) electrons. The van der Waals surface area contributed by atoms with E-state index >= 15 is 0 Å². The maximum Gasteiger partial charge on any atom is 0.250 e. The van der Waals surface area contributed by atoms with Crippen LogP contribution in [0.4, 0.5) is 5.69 Å². The van der Waals surface area contributed by atoms with Gasteiger partial charge in [0.2, 0.25) is 5.91 Å². The minimum absolute atomic E-state index is 0. The van der Waals surface area contributed by atoms with E-state index in [1.807, 2.05) is 0 Å². The Labute approximate surface area is 170 Å². The first kappa shape index (κ1) is 24.9. The number of nitrogens with two attached hydrogens (primary N) is 1. The number of carbonyl (C=O) groups excluding carboxylic acids is 2. The number of primary amides is 1. The number of nitrogens with one attached hydrogen (secondary N) is 2. The Balaban J connectivity index is 0. The number of aliphatic hydroxyl groups is 1. The summed E-state index contributed by atoms with van der Waals surface area (Å²) >= 11 is 3.25. The molecule has 1 aromatic rings. The van der Waals surface area contributed by atoms with Crippen molar-refractivity contribution in [2.75, 3.05) is 11.9 Å². The number of benzene rings is 1. The van der Waals surface area contributed by atoms with Crippen LogP contribution in [-0.4, -0.2) is 29.1 Å². The normalized spacial score (nSPS) is 10.0. The van der Waals surface area contributed by atoms with Crippen molar-refractivity contribution < 1.29 is 47.4 Å². The van der Waals surface area contributed by atoms with Gasteiger partial charge in [-0.05, 0) is 39.0 Å². The smallest absolute Gasteiger partial charge is 0.250 e. The second-order valence-corrected chi connectivity index (χ2v) is 6.54. The molecule has 6 nitrogen and oxygen atoms in total. The Kier molecular flexibility index (Phi) is 13.1. The van der Waals surface area contributed by atoms with E-state index in [1.165, 1.54) is 0 Å². The predicted octanol–water partition coefficient (Wildman–Crippen LogP) is 3.09. The molecule has 0 spiro atoms. The molecule has 2 amide bonds. The quantitative estimate of drug-likeness (QED) is 0.625. The molecule has 0 aliphatic heterocycles. The second-order valence-electron chi connectivity index (χ2n) is 5.63. The predicted molar refractivity (Wildman–Crippen MR) is 91.7 cm³/mol. The third kappa shape index (κ3) is 13.8. The van der Waals surface area contributed by atoms with Crippen molar-refractivity contribution in [3.8, 4) is 0 Å². The zero-order valence-electron chi connectivity index (χ0n) is 13.6. The van der Waals surface area contributed by atoms with Crippen molar-refractivity contribution in [2.24, 2.45) is 5.73 Å². The molecule has 8 heteroatoms. The average Bonchev–Trinajstić information content (AvgIpc) is 2.34. The maximum absolute atomic E-state index is 11.5. The number of halogens is 1. The van der Waals surface area contributed by atoms with Crippen LogP contribution in [0.1, 0.15) is 44.0 Å². The molecular weight excluding hydrogens is 439 g/mol. The van der Waals surface area contributed by atoms with Crippen LogP contribution in [0.25, 0.3) is 5.73 Å². The number of hydrogen-bond donors (Lipinski definition) is 3. The van der Waals surface area contributed by atoms with Crippen LogP contribution in [-0.2, 0) is 37.5 Å². The first-order valence-corrected chi connectivity index (χ1v) is 7.60. The zero-order chi connectivity index (χ0) is 17.3. The monoisotopic (exact) mass is 461 g/mol. The average molecular weight is 462 g/mol. The van der Waals surface area contributed by atoms with Crippen LogP contribution >= 0.6 is 15.9 Å². The molecule has 0 saturated heterocycles. The Morgan fingerprint density at radius 1 is 1.35 bits per heavy atom. The van der Waals surface area contributed by atoms with E-state index in [-0.39, 0.29) is 57.1 Å². The summed E-state index contributed by atoms with van der Waals surface area (Å²) in [5.41, 5.74) is 12.3. The summed E-state index contributed by atoms with van der Waals surface area (Å²) in [4.78, 5) is 22.6. The summed E-state index contributed by atoms with van der Waals surface area (Å²) in [5, 5.41) is 11.1. The number of amides is 2. The molecule has 0 heterocycles. The van der Waals surface area contributed by atoms with Crippen molar-refractivity contribution in [3.05, 3.63) is 34.0 Å². The standard InChI is InChI=1S/C11H13BrN3O2.C4H10O.Y/c12-7-3-4-8(11(14)17)9(6-7)15-10(16)2-1-5-13;1-4(2,3)5;/h3-4,6,13H,1-2,5H2,(H2,14,17)(H,15,16);5H,1-3H3;/q-1;;. The third-order valence-corrected chi connectivity index (χ3v) is 2.60.